The number of alkyl halides is 3. The predicted molar refractivity (Wildman–Crippen MR) is 166 cm³/mol. The molecule has 0 unspecified atom stereocenters. The smallest absolute Gasteiger partial charge is 0.406 e. The zero-order chi connectivity index (χ0) is 32.1. The van der Waals surface area contributed by atoms with E-state index in [-0.39, 0.29) is 30.5 Å². The van der Waals surface area contributed by atoms with Crippen molar-refractivity contribution in [3.8, 4) is 5.75 Å². The van der Waals surface area contributed by atoms with Gasteiger partial charge in [0.15, 0.2) is 11.6 Å². The van der Waals surface area contributed by atoms with E-state index in [4.69, 9.17) is 0 Å². The van der Waals surface area contributed by atoms with Crippen molar-refractivity contribution < 1.29 is 27.5 Å². The Bertz CT molecular complexity index is 1840. The summed E-state index contributed by atoms with van der Waals surface area (Å²) in [5.41, 5.74) is 2.12. The van der Waals surface area contributed by atoms with Crippen LogP contribution in [-0.2, 0) is 22.4 Å². The molecule has 15 heteroatoms. The number of ether oxygens (including phenoxy) is 1. The average Bonchev–Trinajstić information content (AvgIpc) is 3.49. The van der Waals surface area contributed by atoms with Crippen LogP contribution in [0.3, 0.4) is 0 Å². The van der Waals surface area contributed by atoms with Crippen LogP contribution in [0, 0.1) is 0 Å². The number of benzene rings is 2. The van der Waals surface area contributed by atoms with Gasteiger partial charge in [0.05, 0.1) is 18.4 Å². The quantitative estimate of drug-likeness (QED) is 0.212. The third-order valence-corrected chi connectivity index (χ3v) is 8.30. The molecule has 0 radical (unpaired) electrons. The van der Waals surface area contributed by atoms with E-state index in [2.05, 4.69) is 45.6 Å². The molecule has 1 aliphatic heterocycles. The second-order valence-electron chi connectivity index (χ2n) is 10.7. The monoisotopic (exact) mass is 648 g/mol. The number of halogens is 3. The molecule has 2 aromatic carbocycles. The van der Waals surface area contributed by atoms with Crippen molar-refractivity contribution in [2.75, 3.05) is 28.6 Å². The van der Waals surface area contributed by atoms with Crippen LogP contribution in [0.5, 0.6) is 5.75 Å². The molecule has 11 nitrogen and oxygen atoms in total. The highest BCUT2D eigenvalue weighted by molar-refractivity contribution is 7.15. The second-order valence-corrected chi connectivity index (χ2v) is 11.7. The molecule has 1 fully saturated rings. The first-order valence-corrected chi connectivity index (χ1v) is 15.2. The number of rotatable bonds is 9. The molecular weight excluding hydrogens is 621 g/mol. The Morgan fingerprint density at radius 1 is 0.870 bits per heavy atom. The average molecular weight is 649 g/mol. The summed E-state index contributed by atoms with van der Waals surface area (Å²) in [5, 5.41) is 24.6. The molecule has 0 atom stereocenters. The summed E-state index contributed by atoms with van der Waals surface area (Å²) in [6.45, 7) is 1.42. The molecule has 0 spiro atoms. The number of aromatic nitrogens is 5. The molecule has 6 rings (SSSR count). The molecule has 3 aromatic heterocycles. The maximum Gasteiger partial charge on any atom is 0.573 e. The Labute approximate surface area is 264 Å². The maximum atomic E-state index is 12.7. The van der Waals surface area contributed by atoms with Crippen molar-refractivity contribution in [1.82, 2.24) is 25.4 Å². The summed E-state index contributed by atoms with van der Waals surface area (Å²) in [6, 6.07) is 18.2. The highest BCUT2D eigenvalue weighted by atomic mass is 32.1. The fourth-order valence-corrected chi connectivity index (χ4v) is 6.10. The molecule has 1 aliphatic rings. The molecule has 5 aromatic rings. The minimum Gasteiger partial charge on any atom is -0.406 e. The molecule has 4 heterocycles. The molecule has 236 valence electrons. The van der Waals surface area contributed by atoms with Crippen LogP contribution >= 0.6 is 11.3 Å². The van der Waals surface area contributed by atoms with E-state index in [1.165, 1.54) is 29.5 Å². The first-order valence-electron chi connectivity index (χ1n) is 14.4. The van der Waals surface area contributed by atoms with Crippen LogP contribution in [0.25, 0.3) is 10.9 Å². The number of pyridine rings is 1. The van der Waals surface area contributed by atoms with Gasteiger partial charge < -0.3 is 20.3 Å². The summed E-state index contributed by atoms with van der Waals surface area (Å²) in [4.78, 5) is 31.5. The van der Waals surface area contributed by atoms with Gasteiger partial charge in [-0.1, -0.05) is 35.6 Å². The fourth-order valence-electron chi connectivity index (χ4n) is 5.18. The summed E-state index contributed by atoms with van der Waals surface area (Å²) in [7, 11) is 0. The van der Waals surface area contributed by atoms with E-state index in [1.54, 1.807) is 18.3 Å². The highest BCUT2D eigenvalue weighted by Crippen LogP contribution is 2.33. The predicted octanol–water partition coefficient (Wildman–Crippen LogP) is 5.52. The lowest BCUT2D eigenvalue weighted by Crippen LogP contribution is -2.33. The number of anilines is 3. The molecule has 2 N–H and O–H groups in total. The van der Waals surface area contributed by atoms with Crippen molar-refractivity contribution >= 4 is 50.8 Å². The lowest BCUT2D eigenvalue weighted by molar-refractivity contribution is -0.274. The van der Waals surface area contributed by atoms with Gasteiger partial charge in [0.25, 0.3) is 0 Å². The topological polar surface area (TPSA) is 135 Å². The van der Waals surface area contributed by atoms with E-state index < -0.39 is 18.0 Å². The zero-order valence-corrected chi connectivity index (χ0v) is 25.0. The normalized spacial score (nSPS) is 13.8. The van der Waals surface area contributed by atoms with Crippen molar-refractivity contribution in [2.24, 2.45) is 0 Å². The summed E-state index contributed by atoms with van der Waals surface area (Å²) in [5.74, 6) is 0.0687. The number of carbonyl (C=O) groups is 2. The number of nitrogens with zero attached hydrogens (tertiary/aromatic N) is 6. The van der Waals surface area contributed by atoms with Crippen molar-refractivity contribution in [1.29, 1.82) is 0 Å². The Morgan fingerprint density at radius 3 is 2.41 bits per heavy atom. The first kappa shape index (κ1) is 30.8. The number of hydrogen-bond donors (Lipinski definition) is 2. The van der Waals surface area contributed by atoms with Gasteiger partial charge >= 0.3 is 6.36 Å². The minimum atomic E-state index is -4.81. The number of piperidine rings is 1. The van der Waals surface area contributed by atoms with Crippen molar-refractivity contribution in [3.63, 3.8) is 0 Å². The second kappa shape index (κ2) is 13.4. The van der Waals surface area contributed by atoms with Gasteiger partial charge in [-0.3, -0.25) is 14.6 Å². The fraction of sp³-hybridized carbons (Fsp3) is 0.258. The maximum absolute atomic E-state index is 12.7. The van der Waals surface area contributed by atoms with E-state index in [0.29, 0.717) is 29.6 Å². The summed E-state index contributed by atoms with van der Waals surface area (Å²) < 4.78 is 41.3. The molecule has 0 saturated carbocycles. The van der Waals surface area contributed by atoms with E-state index in [9.17, 15) is 22.8 Å². The zero-order valence-electron chi connectivity index (χ0n) is 24.2. The number of hydrogen-bond acceptors (Lipinski definition) is 10. The first-order chi connectivity index (χ1) is 22.2. The van der Waals surface area contributed by atoms with Crippen LogP contribution in [0.1, 0.15) is 34.9 Å². The molecule has 0 bridgehead atoms. The standard InChI is InChI=1S/C31H27F3N8O3S/c32-31(33,34)45-23-5-1-3-19(16-23)17-27(43)36-25-8-9-26(39-38-25)42-13-10-21(11-14-42)29-40-41-30(46-29)37-28(44)18-20-6-7-24-22(15-20)4-2-12-35-24/h1-9,12,15-16,21H,10-11,13-14,17-18H2,(H,36,38,43)(H,37,41,44). The number of amides is 2. The number of fused-ring (bicyclic) bond motifs is 1. The Hall–Kier alpha value is -5.18. The Balaban J connectivity index is 0.963. The minimum absolute atomic E-state index is 0.161. The van der Waals surface area contributed by atoms with Gasteiger partial charge in [0.2, 0.25) is 16.9 Å². The third kappa shape index (κ3) is 8.10. The van der Waals surface area contributed by atoms with Crippen LogP contribution in [-0.4, -0.2) is 56.6 Å². The number of carbonyl (C=O) groups excluding carboxylic acids is 2. The Morgan fingerprint density at radius 2 is 1.65 bits per heavy atom. The van der Waals surface area contributed by atoms with Gasteiger partial charge in [-0.2, -0.15) is 0 Å². The third-order valence-electron chi connectivity index (χ3n) is 7.30. The van der Waals surface area contributed by atoms with Gasteiger partial charge in [0.1, 0.15) is 10.8 Å². The Kier molecular flexibility index (Phi) is 9.01. The van der Waals surface area contributed by atoms with E-state index in [0.717, 1.165) is 40.4 Å². The van der Waals surface area contributed by atoms with E-state index >= 15 is 0 Å². The van der Waals surface area contributed by atoms with Crippen molar-refractivity contribution in [2.45, 2.75) is 38.0 Å². The molecular formula is C31H27F3N8O3S. The molecule has 1 saturated heterocycles. The molecule has 0 aliphatic carbocycles. The SMILES string of the molecule is O=C(Cc1cccc(OC(F)(F)F)c1)Nc1ccc(N2CCC(c3nnc(NC(=O)Cc4ccc5ncccc5c4)s3)CC2)nn1. The van der Waals surface area contributed by atoms with Gasteiger partial charge in [-0.25, -0.2) is 0 Å². The van der Waals surface area contributed by atoms with Gasteiger partial charge in [-0.05, 0) is 66.4 Å². The van der Waals surface area contributed by atoms with Crippen LogP contribution in [0.2, 0.25) is 0 Å². The lowest BCUT2D eigenvalue weighted by atomic mass is 9.98. The van der Waals surface area contributed by atoms with Crippen LogP contribution in [0.15, 0.2) is 72.9 Å². The molecule has 46 heavy (non-hydrogen) atoms. The molecule has 2 amide bonds. The summed E-state index contributed by atoms with van der Waals surface area (Å²) >= 11 is 1.38. The van der Waals surface area contributed by atoms with E-state index in [1.807, 2.05) is 30.3 Å². The number of nitrogens with one attached hydrogen (secondary N) is 2. The largest absolute Gasteiger partial charge is 0.573 e. The summed E-state index contributed by atoms with van der Waals surface area (Å²) in [6.07, 6.45) is -1.40. The van der Waals surface area contributed by atoms with Crippen LogP contribution < -0.4 is 20.3 Å². The highest BCUT2D eigenvalue weighted by Gasteiger charge is 2.31. The van der Waals surface area contributed by atoms with Crippen molar-refractivity contribution in [3.05, 3.63) is 89.1 Å². The lowest BCUT2D eigenvalue weighted by Gasteiger charge is -2.31. The van der Waals surface area contributed by atoms with Gasteiger partial charge in [-0.15, -0.1) is 33.6 Å². The van der Waals surface area contributed by atoms with Crippen LogP contribution in [0.4, 0.5) is 29.9 Å². The van der Waals surface area contributed by atoms with Gasteiger partial charge in [0, 0.05) is 30.6 Å².